The number of hydrazine groups is 1. The summed E-state index contributed by atoms with van der Waals surface area (Å²) < 4.78 is 0. The van der Waals surface area contributed by atoms with E-state index in [4.69, 9.17) is 5.84 Å². The van der Waals surface area contributed by atoms with Crippen LogP contribution in [-0.2, 0) is 6.54 Å². The number of nitro groups is 1. The fraction of sp³-hybridized carbons (Fsp3) is 0.455. The second-order valence-corrected chi connectivity index (χ2v) is 4.23. The molecule has 0 radical (unpaired) electrons. The first-order chi connectivity index (χ1) is 8.20. The summed E-state index contributed by atoms with van der Waals surface area (Å²) >= 11 is 0. The van der Waals surface area contributed by atoms with Gasteiger partial charge in [0.05, 0.1) is 10.6 Å². The van der Waals surface area contributed by atoms with Crippen LogP contribution in [-0.4, -0.2) is 22.9 Å². The van der Waals surface area contributed by atoms with Crippen LogP contribution in [0.3, 0.4) is 0 Å². The van der Waals surface area contributed by atoms with E-state index in [1.165, 1.54) is 18.9 Å². The first kappa shape index (κ1) is 11.8. The van der Waals surface area contributed by atoms with E-state index in [9.17, 15) is 10.1 Å². The summed E-state index contributed by atoms with van der Waals surface area (Å²) in [6, 6.07) is 4.71. The third kappa shape index (κ3) is 2.72. The van der Waals surface area contributed by atoms with Crippen LogP contribution >= 0.6 is 0 Å². The topological polar surface area (TPSA) is 84.4 Å². The maximum atomic E-state index is 10.7. The van der Waals surface area contributed by atoms with E-state index >= 15 is 0 Å². The molecule has 0 amide bonds. The number of nitrogens with zero attached hydrogens (tertiary/aromatic N) is 2. The van der Waals surface area contributed by atoms with Crippen molar-refractivity contribution >= 4 is 11.4 Å². The number of nitrogens with two attached hydrogens (primary N) is 1. The Morgan fingerprint density at radius 2 is 2.12 bits per heavy atom. The average Bonchev–Trinajstić information content (AvgIpc) is 2.81. The summed E-state index contributed by atoms with van der Waals surface area (Å²) in [6.45, 7) is 2.81. The molecule has 0 saturated carbocycles. The van der Waals surface area contributed by atoms with E-state index < -0.39 is 0 Å². The molecule has 1 aromatic carbocycles. The van der Waals surface area contributed by atoms with Gasteiger partial charge in [0.2, 0.25) is 0 Å². The van der Waals surface area contributed by atoms with Crippen molar-refractivity contribution in [3.63, 3.8) is 0 Å². The Bertz CT molecular complexity index is 416. The van der Waals surface area contributed by atoms with Crippen molar-refractivity contribution in [3.05, 3.63) is 33.9 Å². The lowest BCUT2D eigenvalue weighted by molar-refractivity contribution is -0.384. The van der Waals surface area contributed by atoms with Gasteiger partial charge in [-0.05, 0) is 37.6 Å². The monoisotopic (exact) mass is 236 g/mol. The molecule has 0 atom stereocenters. The van der Waals surface area contributed by atoms with Gasteiger partial charge in [-0.1, -0.05) is 0 Å². The van der Waals surface area contributed by atoms with Gasteiger partial charge < -0.3 is 5.43 Å². The molecule has 1 fully saturated rings. The van der Waals surface area contributed by atoms with Crippen molar-refractivity contribution in [2.75, 3.05) is 18.5 Å². The summed E-state index contributed by atoms with van der Waals surface area (Å²) in [5, 5.41) is 10.7. The summed E-state index contributed by atoms with van der Waals surface area (Å²) in [5.74, 6) is 5.41. The number of hydrogen-bond acceptors (Lipinski definition) is 5. The van der Waals surface area contributed by atoms with Gasteiger partial charge in [-0.15, -0.1) is 0 Å². The minimum Gasteiger partial charge on any atom is -0.324 e. The minimum absolute atomic E-state index is 0.109. The van der Waals surface area contributed by atoms with Crippen molar-refractivity contribution in [3.8, 4) is 0 Å². The maximum absolute atomic E-state index is 10.7. The van der Waals surface area contributed by atoms with Gasteiger partial charge in [-0.3, -0.25) is 20.9 Å². The number of nitro benzene ring substituents is 1. The number of non-ortho nitro benzene ring substituents is 1. The molecule has 17 heavy (non-hydrogen) atoms. The molecular weight excluding hydrogens is 220 g/mol. The molecule has 6 nitrogen and oxygen atoms in total. The highest BCUT2D eigenvalue weighted by molar-refractivity contribution is 5.55. The molecule has 0 aliphatic carbocycles. The van der Waals surface area contributed by atoms with E-state index in [0.717, 1.165) is 24.3 Å². The molecule has 1 aromatic rings. The third-order valence-corrected chi connectivity index (χ3v) is 3.05. The zero-order valence-corrected chi connectivity index (χ0v) is 9.56. The van der Waals surface area contributed by atoms with Gasteiger partial charge in [0.25, 0.3) is 5.69 Å². The summed E-state index contributed by atoms with van der Waals surface area (Å²) in [5.41, 5.74) is 4.33. The standard InChI is InChI=1S/C11H16N4O2/c12-13-11-4-3-10(15(16)17)7-9(11)8-14-5-1-2-6-14/h3-4,7,13H,1-2,5-6,8,12H2. The van der Waals surface area contributed by atoms with E-state index in [1.807, 2.05) is 0 Å². The van der Waals surface area contributed by atoms with Crippen molar-refractivity contribution in [1.82, 2.24) is 4.90 Å². The second kappa shape index (κ2) is 5.11. The zero-order valence-electron chi connectivity index (χ0n) is 9.56. The van der Waals surface area contributed by atoms with E-state index in [0.29, 0.717) is 6.54 Å². The number of rotatable bonds is 4. The molecule has 2 rings (SSSR count). The highest BCUT2D eigenvalue weighted by Crippen LogP contribution is 2.24. The van der Waals surface area contributed by atoms with Gasteiger partial charge in [0, 0.05) is 18.7 Å². The van der Waals surface area contributed by atoms with Crippen LogP contribution in [0.25, 0.3) is 0 Å². The summed E-state index contributed by atoms with van der Waals surface area (Å²) in [6.07, 6.45) is 2.39. The molecule has 6 heteroatoms. The largest absolute Gasteiger partial charge is 0.324 e. The Morgan fingerprint density at radius 1 is 1.41 bits per heavy atom. The van der Waals surface area contributed by atoms with Gasteiger partial charge in [0.15, 0.2) is 0 Å². The number of anilines is 1. The van der Waals surface area contributed by atoms with Gasteiger partial charge >= 0.3 is 0 Å². The highest BCUT2D eigenvalue weighted by Gasteiger charge is 2.16. The first-order valence-electron chi connectivity index (χ1n) is 5.67. The predicted molar refractivity (Wildman–Crippen MR) is 65.4 cm³/mol. The van der Waals surface area contributed by atoms with E-state index in [1.54, 1.807) is 12.1 Å². The van der Waals surface area contributed by atoms with E-state index in [2.05, 4.69) is 10.3 Å². The Kier molecular flexibility index (Phi) is 3.55. The minimum atomic E-state index is -0.381. The molecule has 1 heterocycles. The molecule has 0 aromatic heterocycles. The Hall–Kier alpha value is -1.66. The van der Waals surface area contributed by atoms with Crippen LogP contribution in [0, 0.1) is 10.1 Å². The Balaban J connectivity index is 2.21. The van der Waals surface area contributed by atoms with Crippen molar-refractivity contribution < 1.29 is 4.92 Å². The molecule has 1 saturated heterocycles. The lowest BCUT2D eigenvalue weighted by Gasteiger charge is -2.16. The van der Waals surface area contributed by atoms with Crippen molar-refractivity contribution in [2.45, 2.75) is 19.4 Å². The second-order valence-electron chi connectivity index (χ2n) is 4.23. The molecule has 0 spiro atoms. The average molecular weight is 236 g/mol. The third-order valence-electron chi connectivity index (χ3n) is 3.05. The molecule has 1 aliphatic heterocycles. The van der Waals surface area contributed by atoms with Gasteiger partial charge in [-0.2, -0.15) is 0 Å². The van der Waals surface area contributed by atoms with Crippen molar-refractivity contribution in [2.24, 2.45) is 5.84 Å². The smallest absolute Gasteiger partial charge is 0.269 e. The van der Waals surface area contributed by atoms with Crippen LogP contribution in [0.5, 0.6) is 0 Å². The zero-order chi connectivity index (χ0) is 12.3. The SMILES string of the molecule is NNc1ccc([N+](=O)[O-])cc1CN1CCCC1. The van der Waals surface area contributed by atoms with E-state index in [-0.39, 0.29) is 10.6 Å². The number of nitrogen functional groups attached to an aromatic ring is 1. The fourth-order valence-corrected chi connectivity index (χ4v) is 2.15. The molecule has 0 unspecified atom stereocenters. The lowest BCUT2D eigenvalue weighted by Crippen LogP contribution is -2.20. The number of likely N-dealkylation sites (tertiary alicyclic amines) is 1. The number of nitrogens with one attached hydrogen (secondary N) is 1. The van der Waals surface area contributed by atoms with Crippen LogP contribution in [0.2, 0.25) is 0 Å². The lowest BCUT2D eigenvalue weighted by atomic mass is 10.1. The number of benzene rings is 1. The molecule has 3 N–H and O–H groups in total. The quantitative estimate of drug-likeness (QED) is 0.470. The van der Waals surface area contributed by atoms with Crippen LogP contribution < -0.4 is 11.3 Å². The normalized spacial score (nSPS) is 16.1. The maximum Gasteiger partial charge on any atom is 0.269 e. The molecule has 1 aliphatic rings. The van der Waals surface area contributed by atoms with Crippen LogP contribution in [0.4, 0.5) is 11.4 Å². The van der Waals surface area contributed by atoms with Crippen molar-refractivity contribution in [1.29, 1.82) is 0 Å². The van der Waals surface area contributed by atoms with Gasteiger partial charge in [-0.25, -0.2) is 0 Å². The Morgan fingerprint density at radius 3 is 2.71 bits per heavy atom. The highest BCUT2D eigenvalue weighted by atomic mass is 16.6. The van der Waals surface area contributed by atoms with Crippen LogP contribution in [0.1, 0.15) is 18.4 Å². The van der Waals surface area contributed by atoms with Crippen LogP contribution in [0.15, 0.2) is 18.2 Å². The Labute approximate surface area is 99.5 Å². The summed E-state index contributed by atoms with van der Waals surface area (Å²) in [7, 11) is 0. The molecular formula is C11H16N4O2. The first-order valence-corrected chi connectivity index (χ1v) is 5.67. The fourth-order valence-electron chi connectivity index (χ4n) is 2.15. The number of hydrogen-bond donors (Lipinski definition) is 2. The molecule has 92 valence electrons. The summed E-state index contributed by atoms with van der Waals surface area (Å²) in [4.78, 5) is 12.6. The molecule has 0 bridgehead atoms. The predicted octanol–water partition coefficient (Wildman–Crippen LogP) is 1.48. The van der Waals surface area contributed by atoms with Gasteiger partial charge in [0.1, 0.15) is 0 Å².